The van der Waals surface area contributed by atoms with E-state index in [9.17, 15) is 0 Å². The third-order valence-corrected chi connectivity index (χ3v) is 2.24. The Labute approximate surface area is 101 Å². The average Bonchev–Trinajstić information content (AvgIpc) is 2.23. The van der Waals surface area contributed by atoms with Crippen LogP contribution >= 0.6 is 0 Å². The fourth-order valence-corrected chi connectivity index (χ4v) is 1.30. The Balaban J connectivity index is 3.88. The maximum Gasteiger partial charge on any atom is 0.0357 e. The van der Waals surface area contributed by atoms with Crippen molar-refractivity contribution >= 4 is 6.21 Å². The molecule has 0 aliphatic rings. The summed E-state index contributed by atoms with van der Waals surface area (Å²) in [6, 6.07) is 0. The summed E-state index contributed by atoms with van der Waals surface area (Å²) >= 11 is 0. The van der Waals surface area contributed by atoms with Gasteiger partial charge in [0.2, 0.25) is 0 Å². The van der Waals surface area contributed by atoms with Crippen molar-refractivity contribution in [1.29, 1.82) is 0 Å². The van der Waals surface area contributed by atoms with Gasteiger partial charge in [0, 0.05) is 19.2 Å². The fourth-order valence-electron chi connectivity index (χ4n) is 1.30. The smallest absolute Gasteiger partial charge is 0.0357 e. The van der Waals surface area contributed by atoms with Crippen molar-refractivity contribution in [2.45, 2.75) is 40.0 Å². The van der Waals surface area contributed by atoms with E-state index in [-0.39, 0.29) is 5.41 Å². The minimum atomic E-state index is 0.238. The van der Waals surface area contributed by atoms with Crippen LogP contribution < -0.4 is 0 Å². The van der Waals surface area contributed by atoms with Gasteiger partial charge in [0.15, 0.2) is 0 Å². The highest BCUT2D eigenvalue weighted by Crippen LogP contribution is 2.22. The van der Waals surface area contributed by atoms with Crippen LogP contribution in [-0.2, 0) is 0 Å². The molecule has 0 aromatic carbocycles. The van der Waals surface area contributed by atoms with E-state index in [0.29, 0.717) is 0 Å². The van der Waals surface area contributed by atoms with E-state index in [1.54, 1.807) is 0 Å². The van der Waals surface area contributed by atoms with E-state index in [2.05, 4.69) is 49.7 Å². The van der Waals surface area contributed by atoms with E-state index < -0.39 is 0 Å². The molecular weight excluding hydrogens is 194 g/mol. The van der Waals surface area contributed by atoms with Crippen molar-refractivity contribution in [3.8, 4) is 0 Å². The van der Waals surface area contributed by atoms with Crippen molar-refractivity contribution in [3.63, 3.8) is 0 Å². The van der Waals surface area contributed by atoms with Crippen LogP contribution in [-0.4, -0.2) is 12.8 Å². The van der Waals surface area contributed by atoms with E-state index >= 15 is 0 Å². The van der Waals surface area contributed by atoms with Crippen LogP contribution in [0, 0.1) is 5.41 Å². The third kappa shape index (κ3) is 9.45. The lowest BCUT2D eigenvalue weighted by Crippen LogP contribution is -2.04. The lowest BCUT2D eigenvalue weighted by Gasteiger charge is -2.17. The van der Waals surface area contributed by atoms with Gasteiger partial charge in [0.05, 0.1) is 0 Å². The minimum absolute atomic E-state index is 0.238. The third-order valence-electron chi connectivity index (χ3n) is 2.24. The number of allylic oxidation sites excluding steroid dienone is 5. The molecule has 0 amide bonds. The van der Waals surface area contributed by atoms with E-state index in [0.717, 1.165) is 25.8 Å². The van der Waals surface area contributed by atoms with Crippen LogP contribution in [0.3, 0.4) is 0 Å². The number of hydrogen-bond acceptors (Lipinski definition) is 1. The van der Waals surface area contributed by atoms with Crippen LogP contribution in [0.2, 0.25) is 0 Å². The second-order valence-electron chi connectivity index (χ2n) is 4.51. The molecule has 0 atom stereocenters. The summed E-state index contributed by atoms with van der Waals surface area (Å²) in [5.41, 5.74) is 0.238. The van der Waals surface area contributed by atoms with Gasteiger partial charge in [-0.25, -0.2) is 0 Å². The molecule has 0 bridgehead atoms. The molecule has 0 N–H and O–H groups in total. The van der Waals surface area contributed by atoms with Gasteiger partial charge in [-0.3, -0.25) is 4.99 Å². The quantitative estimate of drug-likeness (QED) is 0.419. The van der Waals surface area contributed by atoms with Crippen molar-refractivity contribution in [1.82, 2.24) is 0 Å². The summed E-state index contributed by atoms with van der Waals surface area (Å²) in [4.78, 5) is 4.17. The lowest BCUT2D eigenvalue weighted by molar-refractivity contribution is 0.487. The predicted octanol–water partition coefficient (Wildman–Crippen LogP) is 4.57. The second-order valence-corrected chi connectivity index (χ2v) is 4.51. The molecule has 0 radical (unpaired) electrons. The summed E-state index contributed by atoms with van der Waals surface area (Å²) in [5, 5.41) is 0. The normalized spacial score (nSPS) is 13.2. The van der Waals surface area contributed by atoms with Crippen molar-refractivity contribution < 1.29 is 0 Å². The molecule has 0 saturated carbocycles. The number of nitrogens with zero attached hydrogens (tertiary/aromatic N) is 1. The van der Waals surface area contributed by atoms with Crippen LogP contribution in [0.25, 0.3) is 0 Å². The Hall–Kier alpha value is -1.11. The van der Waals surface area contributed by atoms with E-state index in [1.807, 2.05) is 19.2 Å². The van der Waals surface area contributed by atoms with Gasteiger partial charge in [-0.1, -0.05) is 44.2 Å². The van der Waals surface area contributed by atoms with Gasteiger partial charge < -0.3 is 0 Å². The van der Waals surface area contributed by atoms with Crippen molar-refractivity contribution in [2.24, 2.45) is 10.4 Å². The van der Waals surface area contributed by atoms with Crippen LogP contribution in [0.15, 0.2) is 42.0 Å². The monoisotopic (exact) mass is 219 g/mol. The molecule has 1 nitrogen and oxygen atoms in total. The highest BCUT2D eigenvalue weighted by atomic mass is 14.7. The molecule has 0 fully saturated rings. The number of hydrogen-bond donors (Lipinski definition) is 0. The number of aliphatic imine (C=N–C) groups is 1. The first kappa shape index (κ1) is 14.9. The first-order chi connectivity index (χ1) is 7.62. The van der Waals surface area contributed by atoms with Crippen molar-refractivity contribution in [3.05, 3.63) is 37.0 Å². The molecule has 0 aromatic heterocycles. The maximum atomic E-state index is 4.17. The van der Waals surface area contributed by atoms with Gasteiger partial charge in [-0.2, -0.15) is 0 Å². The molecule has 1 heteroatoms. The Bertz CT molecular complexity index is 257. The van der Waals surface area contributed by atoms with Gasteiger partial charge in [0.1, 0.15) is 0 Å². The van der Waals surface area contributed by atoms with E-state index in [1.165, 1.54) is 0 Å². The second kappa shape index (κ2) is 9.14. The van der Waals surface area contributed by atoms with Crippen molar-refractivity contribution in [2.75, 3.05) is 6.54 Å². The van der Waals surface area contributed by atoms with Crippen LogP contribution in [0.1, 0.15) is 40.0 Å². The zero-order chi connectivity index (χ0) is 12.3. The predicted molar refractivity (Wildman–Crippen MR) is 75.1 cm³/mol. The lowest BCUT2D eigenvalue weighted by atomic mass is 9.88. The zero-order valence-electron chi connectivity index (χ0n) is 10.9. The van der Waals surface area contributed by atoms with Crippen LogP contribution in [0.5, 0.6) is 0 Å². The first-order valence-electron chi connectivity index (χ1n) is 6.04. The number of rotatable bonds is 8. The van der Waals surface area contributed by atoms with Gasteiger partial charge >= 0.3 is 0 Å². The average molecular weight is 219 g/mol. The summed E-state index contributed by atoms with van der Waals surface area (Å²) in [5.74, 6) is 0. The Morgan fingerprint density at radius 2 is 1.88 bits per heavy atom. The first-order valence-corrected chi connectivity index (χ1v) is 6.04. The topological polar surface area (TPSA) is 12.4 Å². The van der Waals surface area contributed by atoms with Gasteiger partial charge in [-0.15, -0.1) is 6.58 Å². The standard InChI is InChI=1S/C15H25N/c1-5-7-9-12-15(3,4)13-10-8-11-14-16-6-2/h5,8-10,12,14H,1,6-7,11,13H2,2-4H3. The molecule has 0 saturated heterocycles. The molecular formula is C15H25N. The Morgan fingerprint density at radius 3 is 2.50 bits per heavy atom. The molecule has 0 aromatic rings. The summed E-state index contributed by atoms with van der Waals surface area (Å²) < 4.78 is 0. The SMILES string of the molecule is C=CCC=CC(C)(C)CC=CCC=NCC. The summed E-state index contributed by atoms with van der Waals surface area (Å²) in [6.07, 6.45) is 15.7. The Morgan fingerprint density at radius 1 is 1.12 bits per heavy atom. The molecule has 0 unspecified atom stereocenters. The van der Waals surface area contributed by atoms with Crippen LogP contribution in [0.4, 0.5) is 0 Å². The molecule has 16 heavy (non-hydrogen) atoms. The maximum absolute atomic E-state index is 4.17. The molecule has 0 rings (SSSR count). The van der Waals surface area contributed by atoms with Gasteiger partial charge in [-0.05, 0) is 25.2 Å². The molecule has 90 valence electrons. The summed E-state index contributed by atoms with van der Waals surface area (Å²) in [6.45, 7) is 11.1. The molecule has 0 aliphatic carbocycles. The minimum Gasteiger partial charge on any atom is -0.297 e. The van der Waals surface area contributed by atoms with E-state index in [4.69, 9.17) is 0 Å². The highest BCUT2D eigenvalue weighted by Gasteiger charge is 2.10. The molecule has 0 spiro atoms. The molecule has 0 heterocycles. The molecule has 0 aliphatic heterocycles. The fraction of sp³-hybridized carbons (Fsp3) is 0.533. The largest absolute Gasteiger partial charge is 0.297 e. The summed E-state index contributed by atoms with van der Waals surface area (Å²) in [7, 11) is 0. The van der Waals surface area contributed by atoms with Gasteiger partial charge in [0.25, 0.3) is 0 Å². The Kier molecular flexibility index (Phi) is 8.51. The highest BCUT2D eigenvalue weighted by molar-refractivity contribution is 5.59. The zero-order valence-corrected chi connectivity index (χ0v) is 10.9.